The number of benzene rings is 3. The lowest BCUT2D eigenvalue weighted by Gasteiger charge is -2.13. The van der Waals surface area contributed by atoms with E-state index in [-0.39, 0.29) is 62.8 Å². The van der Waals surface area contributed by atoms with E-state index in [1.807, 2.05) is 0 Å². The third-order valence-electron chi connectivity index (χ3n) is 7.24. The van der Waals surface area contributed by atoms with Crippen molar-refractivity contribution in [1.29, 1.82) is 0 Å². The summed E-state index contributed by atoms with van der Waals surface area (Å²) in [6.07, 6.45) is -6.06. The normalized spacial score (nSPS) is 12.2. The Morgan fingerprint density at radius 2 is 1.60 bits per heavy atom. The molecule has 0 aliphatic rings. The molecule has 0 radical (unpaired) electrons. The third-order valence-corrected chi connectivity index (χ3v) is 8.22. The van der Waals surface area contributed by atoms with Crippen LogP contribution in [-0.2, 0) is 36.4 Å². The Morgan fingerprint density at radius 1 is 0.965 bits per heavy atom. The first-order valence-corrected chi connectivity index (χ1v) is 17.3. The fourth-order valence-corrected chi connectivity index (χ4v) is 5.26. The van der Waals surface area contributed by atoms with Crippen LogP contribution in [0.15, 0.2) is 53.3 Å². The van der Waals surface area contributed by atoms with Crippen molar-refractivity contribution < 1.29 is 64.6 Å². The molecule has 4 aromatic rings. The molecule has 1 aromatic heterocycles. The number of carbonyl (C=O) groups is 3. The van der Waals surface area contributed by atoms with E-state index in [2.05, 4.69) is 5.10 Å². The number of aryl methyl sites for hydroxylation is 1. The highest BCUT2D eigenvalue weighted by Gasteiger charge is 2.32. The molecule has 2 atom stereocenters. The molecule has 1 heterocycles. The number of hydrogen-bond acceptors (Lipinski definition) is 11. The zero-order valence-electron chi connectivity index (χ0n) is 29.7. The minimum absolute atomic E-state index is 0.0398. The Balaban J connectivity index is 0.000000310. The number of rotatable bonds is 13. The Kier molecular flexibility index (Phi) is 15.9. The summed E-state index contributed by atoms with van der Waals surface area (Å²) in [7, 11) is 0. The monoisotopic (exact) mass is 872 g/mol. The molecule has 0 amide bonds. The first-order chi connectivity index (χ1) is 26.6. The van der Waals surface area contributed by atoms with Crippen LogP contribution in [0.5, 0.6) is 11.5 Å². The lowest BCUT2D eigenvalue weighted by atomic mass is 10.1. The van der Waals surface area contributed by atoms with Crippen molar-refractivity contribution in [2.75, 3.05) is 13.2 Å². The van der Waals surface area contributed by atoms with Crippen LogP contribution in [0.2, 0.25) is 10.0 Å². The van der Waals surface area contributed by atoms with Gasteiger partial charge in [0.15, 0.2) is 11.9 Å². The lowest BCUT2D eigenvalue weighted by Crippen LogP contribution is -2.26. The minimum Gasteiger partial charge on any atom is -0.465 e. The predicted octanol–water partition coefficient (Wildman–Crippen LogP) is 8.41. The van der Waals surface area contributed by atoms with E-state index in [9.17, 15) is 55.6 Å². The number of halogens is 9. The maximum Gasteiger partial charge on any atom is 0.416 e. The smallest absolute Gasteiger partial charge is 0.416 e. The molecular weight excluding hydrogens is 845 g/mol. The van der Waals surface area contributed by atoms with Crippen molar-refractivity contribution in [3.8, 4) is 17.2 Å². The molecule has 0 fully saturated rings. The summed E-state index contributed by atoms with van der Waals surface area (Å²) in [5.74, 6) is -4.28. The van der Waals surface area contributed by atoms with Crippen molar-refractivity contribution >= 4 is 58.4 Å². The largest absolute Gasteiger partial charge is 0.465 e. The third kappa shape index (κ3) is 11.8. The number of ether oxygens (including phenoxy) is 4. The molecular formula is C34H29Cl3F6N4O10. The predicted molar refractivity (Wildman–Crippen MR) is 190 cm³/mol. The summed E-state index contributed by atoms with van der Waals surface area (Å²) in [4.78, 5) is 58.1. The van der Waals surface area contributed by atoms with Crippen molar-refractivity contribution in [1.82, 2.24) is 14.3 Å². The summed E-state index contributed by atoms with van der Waals surface area (Å²) in [5.41, 5.74) is -3.53. The van der Waals surface area contributed by atoms with Gasteiger partial charge in [-0.05, 0) is 69.7 Å². The number of hydrogen-bond donors (Lipinski definition) is 0. The lowest BCUT2D eigenvalue weighted by molar-refractivity contribution is -0.385. The topological polar surface area (TPSA) is 171 Å². The molecule has 3 aromatic carbocycles. The Hall–Kier alpha value is -5.34. The number of nitro groups is 1. The van der Waals surface area contributed by atoms with Crippen molar-refractivity contribution in [2.45, 2.75) is 58.3 Å². The quantitative estimate of drug-likeness (QED) is 0.0316. The molecule has 4 rings (SSSR count). The number of carbonyl (C=O) groups excluding carboxylic acids is 3. The van der Waals surface area contributed by atoms with Crippen LogP contribution in [0.25, 0.3) is 5.69 Å². The van der Waals surface area contributed by atoms with Crippen molar-refractivity contribution in [3.05, 3.63) is 108 Å². The van der Waals surface area contributed by atoms with Crippen LogP contribution in [0, 0.1) is 22.9 Å². The van der Waals surface area contributed by atoms with Crippen LogP contribution >= 0.6 is 34.8 Å². The number of nitrogens with zero attached hydrogens (tertiary/aromatic N) is 4. The number of aromatic nitrogens is 3. The fraction of sp³-hybridized carbons (Fsp3) is 0.324. The summed E-state index contributed by atoms with van der Waals surface area (Å²) in [6, 6.07) is 7.40. The maximum absolute atomic E-state index is 14.2. The van der Waals surface area contributed by atoms with E-state index in [1.165, 1.54) is 13.8 Å². The van der Waals surface area contributed by atoms with Gasteiger partial charge in [0.25, 0.3) is 5.69 Å². The van der Waals surface area contributed by atoms with Gasteiger partial charge in [0, 0.05) is 23.6 Å². The number of alkyl halides is 6. The Labute approximate surface area is 332 Å². The van der Waals surface area contributed by atoms with E-state index in [4.69, 9.17) is 53.8 Å². The molecule has 0 bridgehead atoms. The Bertz CT molecular complexity index is 2200. The van der Waals surface area contributed by atoms with Gasteiger partial charge in [0.1, 0.15) is 34.0 Å². The molecule has 0 N–H and O–H groups in total. The maximum atomic E-state index is 14.2. The van der Waals surface area contributed by atoms with Gasteiger partial charge in [-0.1, -0.05) is 23.2 Å². The number of esters is 3. The van der Waals surface area contributed by atoms with Crippen LogP contribution in [-0.4, -0.2) is 61.9 Å². The van der Waals surface area contributed by atoms with Gasteiger partial charge in [0.2, 0.25) is 0 Å². The second-order valence-corrected chi connectivity index (χ2v) is 12.5. The van der Waals surface area contributed by atoms with Crippen molar-refractivity contribution in [3.63, 3.8) is 0 Å². The second-order valence-electron chi connectivity index (χ2n) is 11.2. The van der Waals surface area contributed by atoms with Crippen LogP contribution in [0.1, 0.15) is 54.6 Å². The highest BCUT2D eigenvalue weighted by atomic mass is 35.5. The van der Waals surface area contributed by atoms with Gasteiger partial charge in [-0.15, -0.1) is 16.7 Å². The summed E-state index contributed by atoms with van der Waals surface area (Å²) < 4.78 is 98.7. The summed E-state index contributed by atoms with van der Waals surface area (Å²) in [6.45, 7) is 2.62. The van der Waals surface area contributed by atoms with E-state index in [1.54, 1.807) is 13.8 Å². The van der Waals surface area contributed by atoms with Crippen LogP contribution in [0.3, 0.4) is 0 Å². The summed E-state index contributed by atoms with van der Waals surface area (Å²) in [5, 5.41) is 13.4. The van der Waals surface area contributed by atoms with Gasteiger partial charge >= 0.3 is 36.3 Å². The molecule has 308 valence electrons. The average molecular weight is 874 g/mol. The Morgan fingerprint density at radius 3 is 2.14 bits per heavy atom. The molecule has 0 saturated carbocycles. The fourth-order valence-electron chi connectivity index (χ4n) is 4.59. The summed E-state index contributed by atoms with van der Waals surface area (Å²) >= 11 is 17.7. The molecule has 57 heavy (non-hydrogen) atoms. The molecule has 0 aliphatic carbocycles. The molecule has 23 heteroatoms. The molecule has 0 spiro atoms. The van der Waals surface area contributed by atoms with E-state index in [0.29, 0.717) is 10.7 Å². The zero-order chi connectivity index (χ0) is 42.9. The van der Waals surface area contributed by atoms with Gasteiger partial charge in [0.05, 0.1) is 28.7 Å². The molecule has 2 unspecified atom stereocenters. The van der Waals surface area contributed by atoms with Gasteiger partial charge < -0.3 is 18.9 Å². The van der Waals surface area contributed by atoms with Gasteiger partial charge in [-0.3, -0.25) is 14.9 Å². The molecule has 14 nitrogen and oxygen atoms in total. The van der Waals surface area contributed by atoms with E-state index >= 15 is 0 Å². The van der Waals surface area contributed by atoms with Gasteiger partial charge in [-0.2, -0.15) is 26.6 Å². The zero-order valence-corrected chi connectivity index (χ0v) is 32.0. The minimum atomic E-state index is -4.61. The van der Waals surface area contributed by atoms with Crippen LogP contribution in [0.4, 0.5) is 32.0 Å². The van der Waals surface area contributed by atoms with Crippen molar-refractivity contribution in [2.24, 2.45) is 0 Å². The standard InChI is InChI=1S/C19H15ClF3NO7.C15H14Cl2F3N3O3/c1-3-29-17(25)10(2)30-18(26)13-9-12(5-6-15(13)24(27)28)31-16-7-4-11(8-14(16)20)19(21,22)23;1-3-26-13(24)10(17)4-8-5-12(11(18)6-9(8)16)23-15(25)22(14(19)20)7(2)21-23/h4-10H,3H2,1-2H3;5-6,10,14H,3-4H2,1-2H3. The van der Waals surface area contributed by atoms with Gasteiger partial charge in [-0.25, -0.2) is 23.3 Å². The SMILES string of the molecule is CCOC(=O)C(C)OC(=O)c1cc(Oc2ccc(C(F)(F)F)cc2Cl)ccc1[N+](=O)[O-].CCOC(=O)C(Cl)Cc1cc(-n2nc(C)n(C(F)F)c2=O)c(F)cc1Cl. The average Bonchev–Trinajstić information content (AvgIpc) is 3.42. The van der Waals surface area contributed by atoms with E-state index < -0.39 is 75.4 Å². The number of nitro benzene ring substituents is 1. The molecule has 0 aliphatic heterocycles. The highest BCUT2D eigenvalue weighted by Crippen LogP contribution is 2.37. The second kappa shape index (κ2) is 19.7. The van der Waals surface area contributed by atoms with E-state index in [0.717, 1.165) is 42.5 Å². The first-order valence-electron chi connectivity index (χ1n) is 16.1. The van der Waals surface area contributed by atoms with Crippen LogP contribution < -0.4 is 10.4 Å². The highest BCUT2D eigenvalue weighted by molar-refractivity contribution is 6.32. The first kappa shape index (κ1) is 46.0. The molecule has 0 saturated heterocycles.